The van der Waals surface area contributed by atoms with Crippen molar-refractivity contribution in [3.8, 4) is 0 Å². The number of aromatic nitrogens is 4. The van der Waals surface area contributed by atoms with Gasteiger partial charge in [0.2, 0.25) is 5.95 Å². The largest absolute Gasteiger partial charge is 0.394 e. The fourth-order valence-corrected chi connectivity index (χ4v) is 2.25. The van der Waals surface area contributed by atoms with Gasteiger partial charge in [0, 0.05) is 12.5 Å². The maximum Gasteiger partial charge on any atom is 0.280 e. The minimum atomic E-state index is -0.429. The van der Waals surface area contributed by atoms with Crippen LogP contribution in [-0.2, 0) is 4.74 Å². The Morgan fingerprint density at radius 1 is 1.63 bits per heavy atom. The number of H-pyrrole nitrogens is 1. The van der Waals surface area contributed by atoms with E-state index in [1.54, 1.807) is 4.57 Å². The summed E-state index contributed by atoms with van der Waals surface area (Å²) < 4.78 is 7.22. The lowest BCUT2D eigenvalue weighted by Crippen LogP contribution is -2.32. The smallest absolute Gasteiger partial charge is 0.280 e. The summed E-state index contributed by atoms with van der Waals surface area (Å²) in [4.78, 5) is 22.1. The number of nitrogens with two attached hydrogens (primary N) is 2. The molecule has 9 heteroatoms. The van der Waals surface area contributed by atoms with Crippen LogP contribution in [0.5, 0.6) is 0 Å². The van der Waals surface area contributed by atoms with Crippen molar-refractivity contribution in [1.29, 1.82) is 0 Å². The number of nitrogens with zero attached hydrogens (tertiary/aromatic N) is 3. The summed E-state index contributed by atoms with van der Waals surface area (Å²) in [6.45, 7) is -0.152. The summed E-state index contributed by atoms with van der Waals surface area (Å²) in [6.07, 6.45) is 1.13. The van der Waals surface area contributed by atoms with E-state index in [2.05, 4.69) is 15.0 Å². The highest BCUT2D eigenvalue weighted by Gasteiger charge is 2.34. The van der Waals surface area contributed by atoms with E-state index in [9.17, 15) is 4.79 Å². The first-order chi connectivity index (χ1) is 9.10. The molecule has 1 saturated heterocycles. The Morgan fingerprint density at radius 2 is 2.42 bits per heavy atom. The molecule has 0 saturated carbocycles. The SMILES string of the molecule is Nc1nc2c(ncn2[C@H]2C[C@H](N)[C@@H](CO)O2)c(=O)[nH]1. The zero-order valence-corrected chi connectivity index (χ0v) is 9.98. The number of nitrogens with one attached hydrogen (secondary N) is 1. The van der Waals surface area contributed by atoms with Gasteiger partial charge in [0.05, 0.1) is 19.0 Å². The lowest BCUT2D eigenvalue weighted by atomic mass is 10.1. The second-order valence-corrected chi connectivity index (χ2v) is 4.49. The van der Waals surface area contributed by atoms with Gasteiger partial charge in [-0.1, -0.05) is 0 Å². The molecular weight excluding hydrogens is 252 g/mol. The minimum Gasteiger partial charge on any atom is -0.394 e. The molecule has 102 valence electrons. The molecule has 1 aliphatic heterocycles. The van der Waals surface area contributed by atoms with Crippen LogP contribution in [0.25, 0.3) is 11.2 Å². The molecule has 3 heterocycles. The van der Waals surface area contributed by atoms with Gasteiger partial charge in [-0.05, 0) is 0 Å². The third-order valence-corrected chi connectivity index (χ3v) is 3.22. The number of hydrogen-bond acceptors (Lipinski definition) is 7. The highest BCUT2D eigenvalue weighted by atomic mass is 16.5. The van der Waals surface area contributed by atoms with Crippen molar-refractivity contribution in [2.45, 2.75) is 24.8 Å². The van der Waals surface area contributed by atoms with Crippen molar-refractivity contribution < 1.29 is 9.84 Å². The molecule has 0 spiro atoms. The van der Waals surface area contributed by atoms with Crippen molar-refractivity contribution in [2.24, 2.45) is 5.73 Å². The van der Waals surface area contributed by atoms with Gasteiger partial charge < -0.3 is 21.3 Å². The van der Waals surface area contributed by atoms with Crippen LogP contribution in [0.3, 0.4) is 0 Å². The number of ether oxygens (including phenoxy) is 1. The lowest BCUT2D eigenvalue weighted by molar-refractivity contribution is -0.0233. The summed E-state index contributed by atoms with van der Waals surface area (Å²) in [5, 5.41) is 9.13. The second-order valence-electron chi connectivity index (χ2n) is 4.49. The molecule has 0 bridgehead atoms. The standard InChI is InChI=1S/C10H14N6O3/c11-4-1-6(19-5(4)2-17)16-3-13-7-8(16)14-10(12)15-9(7)18/h3-6,17H,1-2,11H2,(H3,12,14,15,18)/t4-,5+,6+/m0/s1. The molecule has 9 nitrogen and oxygen atoms in total. The second kappa shape index (κ2) is 4.30. The highest BCUT2D eigenvalue weighted by molar-refractivity contribution is 5.70. The maximum atomic E-state index is 11.7. The number of aliphatic hydroxyl groups is 1. The summed E-state index contributed by atoms with van der Waals surface area (Å²) >= 11 is 0. The monoisotopic (exact) mass is 266 g/mol. The number of aromatic amines is 1. The number of aliphatic hydroxyl groups excluding tert-OH is 1. The van der Waals surface area contributed by atoms with Crippen molar-refractivity contribution in [3.05, 3.63) is 16.7 Å². The van der Waals surface area contributed by atoms with Gasteiger partial charge in [0.1, 0.15) is 6.23 Å². The van der Waals surface area contributed by atoms with Crippen molar-refractivity contribution in [3.63, 3.8) is 0 Å². The van der Waals surface area contributed by atoms with Gasteiger partial charge in [-0.25, -0.2) is 4.98 Å². The van der Waals surface area contributed by atoms with Crippen LogP contribution >= 0.6 is 0 Å². The number of anilines is 1. The first kappa shape index (κ1) is 12.1. The fourth-order valence-electron chi connectivity index (χ4n) is 2.25. The quantitative estimate of drug-likeness (QED) is 0.507. The Kier molecular flexibility index (Phi) is 2.73. The molecule has 19 heavy (non-hydrogen) atoms. The van der Waals surface area contributed by atoms with E-state index in [4.69, 9.17) is 21.3 Å². The molecule has 0 radical (unpaired) electrons. The minimum absolute atomic E-state index is 0.0141. The molecule has 2 aromatic heterocycles. The van der Waals surface area contributed by atoms with Gasteiger partial charge in [-0.15, -0.1) is 0 Å². The third-order valence-electron chi connectivity index (χ3n) is 3.22. The zero-order chi connectivity index (χ0) is 13.6. The normalized spacial score (nSPS) is 27.2. The number of nitrogen functional groups attached to an aromatic ring is 1. The predicted molar refractivity (Wildman–Crippen MR) is 66.1 cm³/mol. The summed E-state index contributed by atoms with van der Waals surface area (Å²) in [5.41, 5.74) is 11.5. The molecule has 6 N–H and O–H groups in total. The van der Waals surface area contributed by atoms with Gasteiger partial charge in [-0.3, -0.25) is 14.3 Å². The molecule has 1 fully saturated rings. The van der Waals surface area contributed by atoms with Crippen LogP contribution in [0.4, 0.5) is 5.95 Å². The van der Waals surface area contributed by atoms with E-state index >= 15 is 0 Å². The topological polar surface area (TPSA) is 145 Å². The Bertz CT molecular complexity index is 665. The Hall–Kier alpha value is -1.97. The Morgan fingerprint density at radius 3 is 3.11 bits per heavy atom. The molecule has 3 rings (SSSR count). The molecule has 3 atom stereocenters. The maximum absolute atomic E-state index is 11.7. The molecule has 1 aliphatic rings. The molecule has 0 aromatic carbocycles. The van der Waals surface area contributed by atoms with Crippen molar-refractivity contribution in [2.75, 3.05) is 12.3 Å². The van der Waals surface area contributed by atoms with E-state index in [0.717, 1.165) is 0 Å². The van der Waals surface area contributed by atoms with E-state index in [1.165, 1.54) is 6.33 Å². The average molecular weight is 266 g/mol. The number of hydrogen-bond donors (Lipinski definition) is 4. The molecular formula is C10H14N6O3. The van der Waals surface area contributed by atoms with E-state index in [1.807, 2.05) is 0 Å². The van der Waals surface area contributed by atoms with Crippen LogP contribution < -0.4 is 17.0 Å². The Balaban J connectivity index is 2.05. The highest BCUT2D eigenvalue weighted by Crippen LogP contribution is 2.29. The number of fused-ring (bicyclic) bond motifs is 1. The molecule has 0 amide bonds. The molecule has 0 aliphatic carbocycles. The average Bonchev–Trinajstić information content (AvgIpc) is 2.92. The zero-order valence-electron chi connectivity index (χ0n) is 9.98. The van der Waals surface area contributed by atoms with Crippen molar-refractivity contribution >= 4 is 17.1 Å². The number of imidazole rings is 1. The number of rotatable bonds is 2. The fraction of sp³-hybridized carbons (Fsp3) is 0.500. The van der Waals surface area contributed by atoms with E-state index < -0.39 is 17.9 Å². The predicted octanol–water partition coefficient (Wildman–Crippen LogP) is -1.69. The van der Waals surface area contributed by atoms with Crippen molar-refractivity contribution in [1.82, 2.24) is 19.5 Å². The van der Waals surface area contributed by atoms with Crippen LogP contribution in [0.15, 0.2) is 11.1 Å². The van der Waals surface area contributed by atoms with Gasteiger partial charge in [0.15, 0.2) is 11.2 Å². The molecule has 0 unspecified atom stereocenters. The summed E-state index contributed by atoms with van der Waals surface area (Å²) in [7, 11) is 0. The van der Waals surface area contributed by atoms with Gasteiger partial charge in [-0.2, -0.15) is 4.98 Å². The van der Waals surface area contributed by atoms with E-state index in [0.29, 0.717) is 12.1 Å². The lowest BCUT2D eigenvalue weighted by Gasteiger charge is -2.13. The van der Waals surface area contributed by atoms with Gasteiger partial charge >= 0.3 is 0 Å². The molecule has 2 aromatic rings. The van der Waals surface area contributed by atoms with Crippen LogP contribution in [0.1, 0.15) is 12.6 Å². The Labute approximate surface area is 107 Å². The summed E-state index contributed by atoms with van der Waals surface area (Å²) in [5.74, 6) is 0.0141. The van der Waals surface area contributed by atoms with Gasteiger partial charge in [0.25, 0.3) is 5.56 Å². The van der Waals surface area contributed by atoms with Crippen LogP contribution in [0.2, 0.25) is 0 Å². The first-order valence-electron chi connectivity index (χ1n) is 5.84. The van der Waals surface area contributed by atoms with Crippen LogP contribution in [0, 0.1) is 0 Å². The van der Waals surface area contributed by atoms with Crippen LogP contribution in [-0.4, -0.2) is 43.4 Å². The summed E-state index contributed by atoms with van der Waals surface area (Å²) in [6, 6.07) is -0.271. The third kappa shape index (κ3) is 1.87. The first-order valence-corrected chi connectivity index (χ1v) is 5.84. The van der Waals surface area contributed by atoms with E-state index in [-0.39, 0.29) is 24.1 Å².